The molecule has 2 heterocycles. The Morgan fingerprint density at radius 1 is 1.07 bits per heavy atom. The second-order valence-electron chi connectivity index (χ2n) is 6.93. The Morgan fingerprint density at radius 3 is 2.69 bits per heavy atom. The fraction of sp³-hybridized carbons (Fsp3) is 0.174. The second-order valence-corrected chi connectivity index (χ2v) is 7.65. The molecular weight excluding hydrogens is 380 g/mol. The summed E-state index contributed by atoms with van der Waals surface area (Å²) in [6.07, 6.45) is 4.68. The number of H-pyrrole nitrogens is 1. The van der Waals surface area contributed by atoms with Crippen LogP contribution in [0.15, 0.2) is 77.9 Å². The van der Waals surface area contributed by atoms with Crippen LogP contribution in [0.3, 0.4) is 0 Å². The van der Waals surface area contributed by atoms with Gasteiger partial charge in [-0.25, -0.2) is 4.98 Å². The van der Waals surface area contributed by atoms with Gasteiger partial charge in [-0.3, -0.25) is 9.89 Å². The highest BCUT2D eigenvalue weighted by Crippen LogP contribution is 2.19. The molecular formula is C23H22N4OS. The first-order valence-electron chi connectivity index (χ1n) is 9.53. The Bertz CT molecular complexity index is 1030. The van der Waals surface area contributed by atoms with E-state index in [-0.39, 0.29) is 11.8 Å². The lowest BCUT2D eigenvalue weighted by molar-refractivity contribution is -0.120. The van der Waals surface area contributed by atoms with E-state index in [1.807, 2.05) is 53.5 Å². The quantitative estimate of drug-likeness (QED) is 0.443. The summed E-state index contributed by atoms with van der Waals surface area (Å²) in [5.74, 6) is 0.174. The summed E-state index contributed by atoms with van der Waals surface area (Å²) in [5, 5.41) is 12.3. The molecule has 0 fully saturated rings. The number of nitrogens with one attached hydrogen (secondary N) is 2. The van der Waals surface area contributed by atoms with E-state index < -0.39 is 0 Å². The van der Waals surface area contributed by atoms with Gasteiger partial charge in [-0.2, -0.15) is 5.10 Å². The smallest absolute Gasteiger partial charge is 0.154 e. The average Bonchev–Trinajstić information content (AvgIpc) is 3.46. The lowest BCUT2D eigenvalue weighted by Crippen LogP contribution is -2.39. The van der Waals surface area contributed by atoms with Crippen molar-refractivity contribution in [2.75, 3.05) is 0 Å². The zero-order chi connectivity index (χ0) is 19.9. The second kappa shape index (κ2) is 9.41. The highest BCUT2D eigenvalue weighted by atomic mass is 32.1. The van der Waals surface area contributed by atoms with Crippen LogP contribution in [0.1, 0.15) is 16.8 Å². The number of nitrogens with zero attached hydrogens (tertiary/aromatic N) is 2. The molecule has 0 unspecified atom stereocenters. The number of hydrogen-bond donors (Lipinski definition) is 2. The molecule has 0 aliphatic heterocycles. The van der Waals surface area contributed by atoms with Gasteiger partial charge in [0, 0.05) is 30.1 Å². The molecule has 0 saturated heterocycles. The van der Waals surface area contributed by atoms with Gasteiger partial charge in [0.1, 0.15) is 0 Å². The fourth-order valence-corrected chi connectivity index (χ4v) is 3.85. The maximum atomic E-state index is 13.2. The van der Waals surface area contributed by atoms with Crippen LogP contribution < -0.4 is 5.32 Å². The molecule has 2 N–H and O–H groups in total. The number of aromatic amines is 1. The minimum absolute atomic E-state index is 0.174. The topological polar surface area (TPSA) is 70.7 Å². The Kier molecular flexibility index (Phi) is 6.24. The van der Waals surface area contributed by atoms with Gasteiger partial charge < -0.3 is 5.32 Å². The van der Waals surface area contributed by atoms with E-state index in [1.165, 1.54) is 0 Å². The Labute approximate surface area is 173 Å². The van der Waals surface area contributed by atoms with Crippen molar-refractivity contribution in [3.05, 3.63) is 94.7 Å². The minimum atomic E-state index is -0.267. The van der Waals surface area contributed by atoms with Crippen LogP contribution in [0, 0.1) is 0 Å². The fourth-order valence-electron chi connectivity index (χ4n) is 3.30. The molecule has 0 bridgehead atoms. The van der Waals surface area contributed by atoms with Crippen LogP contribution in [0.2, 0.25) is 0 Å². The van der Waals surface area contributed by atoms with Gasteiger partial charge in [0.15, 0.2) is 5.78 Å². The van der Waals surface area contributed by atoms with Gasteiger partial charge in [-0.15, -0.1) is 11.3 Å². The molecule has 2 aromatic carbocycles. The van der Waals surface area contributed by atoms with Crippen molar-refractivity contribution in [1.29, 1.82) is 0 Å². The third-order valence-electron chi connectivity index (χ3n) is 4.82. The van der Waals surface area contributed by atoms with E-state index in [4.69, 9.17) is 0 Å². The highest BCUT2D eigenvalue weighted by molar-refractivity contribution is 7.07. The van der Waals surface area contributed by atoms with E-state index in [2.05, 4.69) is 38.7 Å². The average molecular weight is 403 g/mol. The zero-order valence-electron chi connectivity index (χ0n) is 15.9. The lowest BCUT2D eigenvalue weighted by atomic mass is 9.96. The summed E-state index contributed by atoms with van der Waals surface area (Å²) in [6.45, 7) is 0.585. The summed E-state index contributed by atoms with van der Waals surface area (Å²) < 4.78 is 0. The van der Waals surface area contributed by atoms with Crippen molar-refractivity contribution in [3.63, 3.8) is 0 Å². The predicted molar refractivity (Wildman–Crippen MR) is 116 cm³/mol. The Morgan fingerprint density at radius 2 is 1.93 bits per heavy atom. The van der Waals surface area contributed by atoms with Crippen molar-refractivity contribution >= 4 is 17.1 Å². The number of hydrogen-bond acceptors (Lipinski definition) is 5. The molecule has 0 aliphatic carbocycles. The van der Waals surface area contributed by atoms with E-state index >= 15 is 0 Å². The molecule has 2 aromatic heterocycles. The van der Waals surface area contributed by atoms with E-state index in [9.17, 15) is 4.79 Å². The van der Waals surface area contributed by atoms with Crippen molar-refractivity contribution in [2.24, 2.45) is 0 Å². The van der Waals surface area contributed by atoms with Crippen LogP contribution in [-0.2, 0) is 24.2 Å². The maximum Gasteiger partial charge on any atom is 0.154 e. The van der Waals surface area contributed by atoms with E-state index in [0.717, 1.165) is 27.9 Å². The molecule has 0 amide bonds. The number of ketones is 1. The molecule has 1 atom stereocenters. The summed E-state index contributed by atoms with van der Waals surface area (Å²) in [5.41, 5.74) is 6.99. The number of Topliss-reactive ketones (excluding diaryl/α,β-unsaturated/α-hetero) is 1. The largest absolute Gasteiger partial charge is 0.301 e. The molecule has 0 aliphatic rings. The predicted octanol–water partition coefficient (Wildman–Crippen LogP) is 4.05. The Balaban J connectivity index is 1.48. The summed E-state index contributed by atoms with van der Waals surface area (Å²) in [7, 11) is 0. The van der Waals surface area contributed by atoms with Crippen LogP contribution in [0.25, 0.3) is 11.1 Å². The van der Waals surface area contributed by atoms with Crippen molar-refractivity contribution < 1.29 is 4.79 Å². The van der Waals surface area contributed by atoms with Gasteiger partial charge in [-0.05, 0) is 23.1 Å². The van der Waals surface area contributed by atoms with Gasteiger partial charge in [0.05, 0.1) is 23.4 Å². The number of carbonyl (C=O) groups is 1. The highest BCUT2D eigenvalue weighted by Gasteiger charge is 2.19. The molecule has 4 aromatic rings. The monoisotopic (exact) mass is 402 g/mol. The van der Waals surface area contributed by atoms with Gasteiger partial charge >= 0.3 is 0 Å². The minimum Gasteiger partial charge on any atom is -0.301 e. The van der Waals surface area contributed by atoms with Crippen LogP contribution in [0.4, 0.5) is 0 Å². The number of benzene rings is 2. The number of aromatic nitrogens is 3. The third kappa shape index (κ3) is 5.25. The van der Waals surface area contributed by atoms with Crippen molar-refractivity contribution in [2.45, 2.75) is 25.4 Å². The van der Waals surface area contributed by atoms with E-state index in [0.29, 0.717) is 19.4 Å². The molecule has 146 valence electrons. The summed E-state index contributed by atoms with van der Waals surface area (Å²) in [6, 6.07) is 17.9. The first-order chi connectivity index (χ1) is 14.3. The number of rotatable bonds is 9. The molecule has 5 nitrogen and oxygen atoms in total. The molecule has 0 radical (unpaired) electrons. The van der Waals surface area contributed by atoms with Gasteiger partial charge in [0.25, 0.3) is 0 Å². The van der Waals surface area contributed by atoms with E-state index in [1.54, 1.807) is 17.5 Å². The van der Waals surface area contributed by atoms with Gasteiger partial charge in [0.2, 0.25) is 0 Å². The normalized spacial score (nSPS) is 12.0. The SMILES string of the molecule is O=C(Cc1cccc(-c2cn[nH]c2)c1)[C@H](Cc1ccccc1)NCc1cscn1. The zero-order valence-corrected chi connectivity index (χ0v) is 16.7. The maximum absolute atomic E-state index is 13.2. The van der Waals surface area contributed by atoms with Crippen LogP contribution >= 0.6 is 11.3 Å². The van der Waals surface area contributed by atoms with Crippen molar-refractivity contribution in [1.82, 2.24) is 20.5 Å². The number of thiazole rings is 1. The first kappa shape index (κ1) is 19.2. The van der Waals surface area contributed by atoms with Crippen LogP contribution in [0.5, 0.6) is 0 Å². The summed E-state index contributed by atoms with van der Waals surface area (Å²) in [4.78, 5) is 17.5. The molecule has 0 spiro atoms. The lowest BCUT2D eigenvalue weighted by Gasteiger charge is -2.18. The molecule has 6 heteroatoms. The standard InChI is InChI=1S/C23H22N4OS/c28-23(11-18-7-4-8-19(9-18)20-12-26-27-13-20)22(10-17-5-2-1-3-6-17)24-14-21-15-29-16-25-21/h1-9,12-13,15-16,22,24H,10-11,14H2,(H,26,27)/t22-/m0/s1. The summed E-state index contributed by atoms with van der Waals surface area (Å²) >= 11 is 1.56. The van der Waals surface area contributed by atoms with Gasteiger partial charge in [-0.1, -0.05) is 54.6 Å². The number of carbonyl (C=O) groups excluding carboxylic acids is 1. The molecule has 0 saturated carbocycles. The molecule has 29 heavy (non-hydrogen) atoms. The molecule has 4 rings (SSSR count). The van der Waals surface area contributed by atoms with Crippen molar-refractivity contribution in [3.8, 4) is 11.1 Å². The third-order valence-corrected chi connectivity index (χ3v) is 5.46. The first-order valence-corrected chi connectivity index (χ1v) is 10.5. The Hall–Kier alpha value is -3.09. The van der Waals surface area contributed by atoms with Crippen LogP contribution in [-0.4, -0.2) is 27.0 Å².